The molecule has 1 aliphatic rings. The Labute approximate surface area is 240 Å². The number of hydrogen-bond donors (Lipinski definition) is 2. The summed E-state index contributed by atoms with van der Waals surface area (Å²) in [6.07, 6.45) is 5.50. The molecule has 0 saturated carbocycles. The minimum atomic E-state index is -3.10. The highest BCUT2D eigenvalue weighted by molar-refractivity contribution is 6.24. The Bertz CT molecular complexity index is 1600. The third-order valence-electron chi connectivity index (χ3n) is 7.02. The number of fused-ring (bicyclic) bond motifs is 1. The van der Waals surface area contributed by atoms with Crippen LogP contribution in [0.2, 0.25) is 0 Å². The van der Waals surface area contributed by atoms with Crippen molar-refractivity contribution < 1.29 is 23.1 Å². The molecule has 5 rings (SSSR count). The van der Waals surface area contributed by atoms with Crippen LogP contribution in [0.25, 0.3) is 27.6 Å². The lowest BCUT2D eigenvalue weighted by Crippen LogP contribution is -2.49. The number of piperazine rings is 1. The van der Waals surface area contributed by atoms with Crippen molar-refractivity contribution in [3.05, 3.63) is 73.1 Å². The highest BCUT2D eigenvalue weighted by Crippen LogP contribution is 2.38. The fraction of sp³-hybridized carbons (Fsp3) is 0.276. The average molecular weight is 577 g/mol. The van der Waals surface area contributed by atoms with Gasteiger partial charge in [0, 0.05) is 56.5 Å². The van der Waals surface area contributed by atoms with Crippen LogP contribution in [0.4, 0.5) is 14.5 Å². The van der Waals surface area contributed by atoms with Gasteiger partial charge in [0.15, 0.2) is 5.82 Å². The number of halogens is 2. The number of ether oxygens (including phenoxy) is 1. The Morgan fingerprint density at radius 1 is 1.07 bits per heavy atom. The van der Waals surface area contributed by atoms with Crippen LogP contribution in [0.15, 0.2) is 67.3 Å². The van der Waals surface area contributed by atoms with Gasteiger partial charge in [-0.25, -0.2) is 9.97 Å². The second kappa shape index (κ2) is 12.7. The number of nitrogens with one attached hydrogen (secondary N) is 1. The molecule has 3 heterocycles. The number of amides is 2. The van der Waals surface area contributed by atoms with Gasteiger partial charge in [0.1, 0.15) is 18.0 Å². The van der Waals surface area contributed by atoms with Crippen LogP contribution in [0.1, 0.15) is 12.7 Å². The zero-order chi connectivity index (χ0) is 29.6. The molecule has 0 spiro atoms. The number of hydrogen-bond acceptors (Lipinski definition) is 8. The Kier molecular flexibility index (Phi) is 8.67. The lowest BCUT2D eigenvalue weighted by Gasteiger charge is -2.34. The van der Waals surface area contributed by atoms with Crippen molar-refractivity contribution in [2.24, 2.45) is 5.73 Å². The molecule has 13 heteroatoms. The summed E-state index contributed by atoms with van der Waals surface area (Å²) in [6, 6.07) is 11.9. The normalized spacial score (nSPS) is 14.4. The molecule has 1 aliphatic heterocycles. The van der Waals surface area contributed by atoms with Crippen molar-refractivity contribution in [3.63, 3.8) is 0 Å². The molecule has 0 atom stereocenters. The molecule has 42 heavy (non-hydrogen) atoms. The van der Waals surface area contributed by atoms with Crippen LogP contribution < -0.4 is 15.8 Å². The zero-order valence-electron chi connectivity index (χ0n) is 22.9. The highest BCUT2D eigenvalue weighted by atomic mass is 19.3. The summed E-state index contributed by atoms with van der Waals surface area (Å²) < 4.78 is 33.3. The van der Waals surface area contributed by atoms with Crippen molar-refractivity contribution >= 4 is 33.8 Å². The van der Waals surface area contributed by atoms with Crippen LogP contribution in [-0.2, 0) is 16.1 Å². The molecule has 4 aromatic rings. The molecule has 0 radical (unpaired) electrons. The SMILES string of the molecule is CCN1CCN(C(=O)Cn2cc(NC(=O)/C(=C/N)c3ncccn3)c(-c3cc4ccccc4cc3OC(F)F)n2)CC1. The Morgan fingerprint density at radius 3 is 2.40 bits per heavy atom. The van der Waals surface area contributed by atoms with E-state index in [2.05, 4.69) is 32.2 Å². The van der Waals surface area contributed by atoms with Gasteiger partial charge < -0.3 is 25.6 Å². The fourth-order valence-corrected chi connectivity index (χ4v) is 4.82. The summed E-state index contributed by atoms with van der Waals surface area (Å²) in [7, 11) is 0. The van der Waals surface area contributed by atoms with E-state index in [1.54, 1.807) is 29.2 Å². The summed E-state index contributed by atoms with van der Waals surface area (Å²) in [5.74, 6) is -0.836. The maximum atomic E-state index is 13.5. The predicted octanol–water partition coefficient (Wildman–Crippen LogP) is 3.20. The van der Waals surface area contributed by atoms with E-state index in [9.17, 15) is 18.4 Å². The second-order valence-electron chi connectivity index (χ2n) is 9.58. The van der Waals surface area contributed by atoms with Crippen molar-refractivity contribution in [2.45, 2.75) is 20.1 Å². The first kappa shape index (κ1) is 28.6. The molecule has 2 aromatic heterocycles. The molecule has 2 amide bonds. The summed E-state index contributed by atoms with van der Waals surface area (Å²) in [4.78, 5) is 38.7. The van der Waals surface area contributed by atoms with Crippen molar-refractivity contribution in [2.75, 3.05) is 38.0 Å². The molecular weight excluding hydrogens is 546 g/mol. The van der Waals surface area contributed by atoms with Gasteiger partial charge in [0.05, 0.1) is 11.3 Å². The van der Waals surface area contributed by atoms with Gasteiger partial charge in [-0.15, -0.1) is 0 Å². The number of carbonyl (C=O) groups excluding carboxylic acids is 2. The number of aromatic nitrogens is 4. The van der Waals surface area contributed by atoms with Crippen LogP contribution in [0.3, 0.4) is 0 Å². The Balaban J connectivity index is 1.53. The van der Waals surface area contributed by atoms with Gasteiger partial charge in [-0.05, 0) is 35.5 Å². The van der Waals surface area contributed by atoms with E-state index in [1.807, 2.05) is 12.1 Å². The van der Waals surface area contributed by atoms with Crippen LogP contribution in [-0.4, -0.2) is 80.7 Å². The second-order valence-corrected chi connectivity index (χ2v) is 9.58. The van der Waals surface area contributed by atoms with E-state index in [0.29, 0.717) is 18.5 Å². The maximum Gasteiger partial charge on any atom is 0.387 e. The monoisotopic (exact) mass is 576 g/mol. The molecule has 11 nitrogen and oxygen atoms in total. The Morgan fingerprint density at radius 2 is 1.76 bits per heavy atom. The van der Waals surface area contributed by atoms with E-state index in [1.165, 1.54) is 29.3 Å². The maximum absolute atomic E-state index is 13.5. The summed E-state index contributed by atoms with van der Waals surface area (Å²) in [6.45, 7) is 2.49. The van der Waals surface area contributed by atoms with Gasteiger partial charge >= 0.3 is 6.61 Å². The molecule has 3 N–H and O–H groups in total. The zero-order valence-corrected chi connectivity index (χ0v) is 22.9. The van der Waals surface area contributed by atoms with Gasteiger partial charge in [0.2, 0.25) is 5.91 Å². The minimum Gasteiger partial charge on any atom is -0.434 e. The molecule has 2 aromatic carbocycles. The number of rotatable bonds is 9. The number of benzene rings is 2. The number of likely N-dealkylation sites (N-methyl/N-ethyl adjacent to an activating group) is 1. The third-order valence-corrected chi connectivity index (χ3v) is 7.02. The molecule has 0 bridgehead atoms. The summed E-state index contributed by atoms with van der Waals surface area (Å²) >= 11 is 0. The van der Waals surface area contributed by atoms with Gasteiger partial charge in [-0.1, -0.05) is 31.2 Å². The largest absolute Gasteiger partial charge is 0.434 e. The quantitative estimate of drug-likeness (QED) is 0.291. The predicted molar refractivity (Wildman–Crippen MR) is 153 cm³/mol. The van der Waals surface area contributed by atoms with Gasteiger partial charge in [0.25, 0.3) is 5.91 Å². The van der Waals surface area contributed by atoms with E-state index in [-0.39, 0.29) is 46.5 Å². The Hall–Kier alpha value is -4.91. The van der Waals surface area contributed by atoms with Crippen molar-refractivity contribution in [1.82, 2.24) is 29.5 Å². The number of anilines is 1. The van der Waals surface area contributed by atoms with E-state index in [4.69, 9.17) is 10.5 Å². The first-order valence-electron chi connectivity index (χ1n) is 13.4. The minimum absolute atomic E-state index is 0.0123. The lowest BCUT2D eigenvalue weighted by molar-refractivity contribution is -0.133. The highest BCUT2D eigenvalue weighted by Gasteiger charge is 2.25. The summed E-state index contributed by atoms with van der Waals surface area (Å²) in [5.41, 5.74) is 6.24. The molecule has 1 saturated heterocycles. The average Bonchev–Trinajstić information content (AvgIpc) is 3.38. The number of nitrogens with zero attached hydrogens (tertiary/aromatic N) is 6. The van der Waals surface area contributed by atoms with Crippen molar-refractivity contribution in [3.8, 4) is 17.0 Å². The lowest BCUT2D eigenvalue weighted by atomic mass is 10.0. The molecule has 1 fully saturated rings. The number of carbonyl (C=O) groups is 2. The van der Waals surface area contributed by atoms with Crippen LogP contribution in [0.5, 0.6) is 5.75 Å². The standard InChI is InChI=1S/C29H30F2N8O3/c1-2-37-10-12-38(13-11-37)25(40)18-39-17-23(35-28(41)22(16-32)27-33-8-5-9-34-27)26(36-39)21-14-19-6-3-4-7-20(19)15-24(21)42-29(30)31/h3-9,14-17,29H,2,10-13,18,32H2,1H3,(H,35,41)/b22-16+. The first-order valence-corrected chi connectivity index (χ1v) is 13.4. The van der Waals surface area contributed by atoms with Crippen molar-refractivity contribution in [1.29, 1.82) is 0 Å². The molecule has 0 aliphatic carbocycles. The molecule has 218 valence electrons. The summed E-state index contributed by atoms with van der Waals surface area (Å²) in [5, 5.41) is 8.74. The van der Waals surface area contributed by atoms with E-state index >= 15 is 0 Å². The fourth-order valence-electron chi connectivity index (χ4n) is 4.82. The number of alkyl halides is 2. The van der Waals surface area contributed by atoms with Crippen LogP contribution in [0, 0.1) is 0 Å². The molecule has 0 unspecified atom stereocenters. The van der Waals surface area contributed by atoms with E-state index < -0.39 is 12.5 Å². The first-order chi connectivity index (χ1) is 20.4. The van der Waals surface area contributed by atoms with E-state index in [0.717, 1.165) is 31.2 Å². The van der Waals surface area contributed by atoms with Crippen LogP contribution >= 0.6 is 0 Å². The molecular formula is C29H30F2N8O3. The topological polar surface area (TPSA) is 132 Å². The van der Waals surface area contributed by atoms with Gasteiger partial charge in [-0.3, -0.25) is 14.3 Å². The number of nitrogens with two attached hydrogens (primary N) is 1. The van der Waals surface area contributed by atoms with Gasteiger partial charge in [-0.2, -0.15) is 13.9 Å². The smallest absolute Gasteiger partial charge is 0.387 e. The third kappa shape index (κ3) is 6.36.